The van der Waals surface area contributed by atoms with Crippen molar-refractivity contribution in [3.63, 3.8) is 0 Å². The third-order valence-electron chi connectivity index (χ3n) is 6.34. The topological polar surface area (TPSA) is 78.1 Å². The zero-order valence-electron chi connectivity index (χ0n) is 19.9. The molecule has 1 aliphatic heterocycles. The van der Waals surface area contributed by atoms with Gasteiger partial charge in [0.15, 0.2) is 0 Å². The number of halogens is 8. The molecule has 0 radical (unpaired) electrons. The van der Waals surface area contributed by atoms with Crippen molar-refractivity contribution in [3.05, 3.63) is 79.4 Å². The van der Waals surface area contributed by atoms with Gasteiger partial charge in [0.2, 0.25) is 5.91 Å². The van der Waals surface area contributed by atoms with E-state index in [1.54, 1.807) is 18.2 Å². The standard InChI is InChI=1S/C25H20Cl2F6N4O2/c26-16-4-2-14(9-17(16)27)37-7-5-12(6-8-37)24(39)34-11-13-1-3-15(25(31,32)33)20(21(13)28)23-35-18(22(29)30)10-19(38)36-23/h1-4,9-10,12,22H,5-8,11H2,(H,34,39)(H,35,36,38). The predicted octanol–water partition coefficient (Wildman–Crippen LogP) is 6.37. The van der Waals surface area contributed by atoms with Crippen molar-refractivity contribution in [1.29, 1.82) is 0 Å². The average molecular weight is 593 g/mol. The summed E-state index contributed by atoms with van der Waals surface area (Å²) in [6.07, 6.45) is -7.44. The molecule has 208 valence electrons. The van der Waals surface area contributed by atoms with Crippen LogP contribution in [0.2, 0.25) is 10.0 Å². The van der Waals surface area contributed by atoms with Crippen LogP contribution >= 0.6 is 23.2 Å². The molecule has 1 fully saturated rings. The normalized spacial score (nSPS) is 14.6. The number of carbonyl (C=O) groups excluding carboxylic acids is 1. The lowest BCUT2D eigenvalue weighted by molar-refractivity contribution is -0.137. The first-order valence-corrected chi connectivity index (χ1v) is 12.4. The highest BCUT2D eigenvalue weighted by Crippen LogP contribution is 2.38. The maximum absolute atomic E-state index is 15.4. The molecule has 4 rings (SSSR count). The van der Waals surface area contributed by atoms with Gasteiger partial charge in [0, 0.05) is 42.9 Å². The number of carbonyl (C=O) groups is 1. The molecule has 0 bridgehead atoms. The van der Waals surface area contributed by atoms with Crippen molar-refractivity contribution in [2.45, 2.75) is 32.0 Å². The summed E-state index contributed by atoms with van der Waals surface area (Å²) in [6.45, 7) is 0.574. The van der Waals surface area contributed by atoms with Crippen LogP contribution in [0.1, 0.15) is 36.1 Å². The minimum absolute atomic E-state index is 0.343. The van der Waals surface area contributed by atoms with E-state index in [1.807, 2.05) is 9.88 Å². The van der Waals surface area contributed by atoms with E-state index in [4.69, 9.17) is 23.2 Å². The number of piperidine rings is 1. The summed E-state index contributed by atoms with van der Waals surface area (Å²) in [5.74, 6) is -3.29. The quantitative estimate of drug-likeness (QED) is 0.326. The predicted molar refractivity (Wildman–Crippen MR) is 133 cm³/mol. The van der Waals surface area contributed by atoms with Crippen LogP contribution in [0.4, 0.5) is 32.0 Å². The molecule has 1 amide bonds. The van der Waals surface area contributed by atoms with Gasteiger partial charge < -0.3 is 15.2 Å². The smallest absolute Gasteiger partial charge is 0.371 e. The van der Waals surface area contributed by atoms with Crippen LogP contribution in [-0.4, -0.2) is 29.0 Å². The van der Waals surface area contributed by atoms with Crippen molar-refractivity contribution in [1.82, 2.24) is 15.3 Å². The third kappa shape index (κ3) is 6.50. The number of anilines is 1. The van der Waals surface area contributed by atoms with Crippen molar-refractivity contribution in [3.8, 4) is 11.4 Å². The number of hydrogen-bond acceptors (Lipinski definition) is 4. The molecule has 0 atom stereocenters. The van der Waals surface area contributed by atoms with E-state index in [0.29, 0.717) is 48.1 Å². The van der Waals surface area contributed by atoms with Gasteiger partial charge in [-0.05, 0) is 37.1 Å². The van der Waals surface area contributed by atoms with E-state index >= 15 is 4.39 Å². The fourth-order valence-corrected chi connectivity index (χ4v) is 4.63. The Morgan fingerprint density at radius 1 is 1.10 bits per heavy atom. The molecule has 2 aromatic carbocycles. The van der Waals surface area contributed by atoms with Crippen LogP contribution in [0.25, 0.3) is 11.4 Å². The van der Waals surface area contributed by atoms with Crippen molar-refractivity contribution >= 4 is 34.8 Å². The Labute approximate surface area is 227 Å². The first-order valence-electron chi connectivity index (χ1n) is 11.6. The van der Waals surface area contributed by atoms with Crippen LogP contribution in [0, 0.1) is 11.7 Å². The average Bonchev–Trinajstić information content (AvgIpc) is 2.88. The van der Waals surface area contributed by atoms with Crippen molar-refractivity contribution in [2.75, 3.05) is 18.0 Å². The largest absolute Gasteiger partial charge is 0.417 e. The molecular weight excluding hydrogens is 573 g/mol. The van der Waals surface area contributed by atoms with Crippen molar-refractivity contribution in [2.24, 2.45) is 5.92 Å². The van der Waals surface area contributed by atoms with Gasteiger partial charge in [-0.25, -0.2) is 18.2 Å². The summed E-state index contributed by atoms with van der Waals surface area (Å²) >= 11 is 12.0. The molecule has 3 aromatic rings. The maximum atomic E-state index is 15.4. The van der Waals surface area contributed by atoms with Crippen molar-refractivity contribution < 1.29 is 31.1 Å². The molecular formula is C25H20Cl2F6N4O2. The van der Waals surface area contributed by atoms with Crippen LogP contribution < -0.4 is 15.8 Å². The van der Waals surface area contributed by atoms with Gasteiger partial charge in [0.25, 0.3) is 12.0 Å². The fraction of sp³-hybridized carbons (Fsp3) is 0.320. The SMILES string of the molecule is O=C(NCc1ccc(C(F)(F)F)c(-c2nc(C(F)F)cc(=O)[nH]2)c1F)C1CCN(c2ccc(Cl)c(Cl)c2)CC1. The van der Waals surface area contributed by atoms with Crippen LogP contribution in [-0.2, 0) is 17.5 Å². The summed E-state index contributed by atoms with van der Waals surface area (Å²) < 4.78 is 82.5. The van der Waals surface area contributed by atoms with Crippen LogP contribution in [0.15, 0.2) is 41.2 Å². The molecule has 0 spiro atoms. The number of hydrogen-bond donors (Lipinski definition) is 2. The number of nitrogens with zero attached hydrogens (tertiary/aromatic N) is 2. The minimum atomic E-state index is -5.08. The lowest BCUT2D eigenvalue weighted by atomic mass is 9.95. The van der Waals surface area contributed by atoms with E-state index < -0.39 is 65.0 Å². The number of rotatable bonds is 6. The van der Waals surface area contributed by atoms with Gasteiger partial charge in [0.1, 0.15) is 17.3 Å². The number of alkyl halides is 5. The number of aromatic nitrogens is 2. The second-order valence-electron chi connectivity index (χ2n) is 8.86. The van der Waals surface area contributed by atoms with E-state index in [-0.39, 0.29) is 5.56 Å². The Morgan fingerprint density at radius 3 is 2.41 bits per heavy atom. The fourth-order valence-electron chi connectivity index (χ4n) is 4.34. The van der Waals surface area contributed by atoms with E-state index in [2.05, 4.69) is 10.3 Å². The maximum Gasteiger partial charge on any atom is 0.417 e. The number of aromatic amines is 1. The Balaban J connectivity index is 1.51. The third-order valence-corrected chi connectivity index (χ3v) is 7.08. The second kappa shape index (κ2) is 11.5. The molecule has 39 heavy (non-hydrogen) atoms. The summed E-state index contributed by atoms with van der Waals surface area (Å²) in [6, 6.07) is 6.98. The molecule has 6 nitrogen and oxygen atoms in total. The second-order valence-corrected chi connectivity index (χ2v) is 9.67. The van der Waals surface area contributed by atoms with E-state index in [9.17, 15) is 31.5 Å². The first kappa shape index (κ1) is 28.8. The zero-order valence-corrected chi connectivity index (χ0v) is 21.4. The van der Waals surface area contributed by atoms with Gasteiger partial charge in [-0.1, -0.05) is 29.3 Å². The molecule has 14 heteroatoms. The monoisotopic (exact) mass is 592 g/mol. The molecule has 1 aromatic heterocycles. The van der Waals surface area contributed by atoms with Crippen LogP contribution in [0.3, 0.4) is 0 Å². The molecule has 2 N–H and O–H groups in total. The summed E-state index contributed by atoms with van der Waals surface area (Å²) in [7, 11) is 0. The minimum Gasteiger partial charge on any atom is -0.371 e. The first-order chi connectivity index (χ1) is 18.3. The number of benzene rings is 2. The Hall–Kier alpha value is -3.25. The van der Waals surface area contributed by atoms with E-state index in [1.165, 1.54) is 0 Å². The Morgan fingerprint density at radius 2 is 1.79 bits per heavy atom. The summed E-state index contributed by atoms with van der Waals surface area (Å²) in [4.78, 5) is 31.8. The Bertz CT molecular complexity index is 1440. The highest BCUT2D eigenvalue weighted by Gasteiger charge is 2.37. The number of amides is 1. The molecule has 0 saturated carbocycles. The lowest BCUT2D eigenvalue weighted by Crippen LogP contribution is -2.40. The van der Waals surface area contributed by atoms with E-state index in [0.717, 1.165) is 11.8 Å². The molecule has 0 aliphatic carbocycles. The van der Waals surface area contributed by atoms with Gasteiger partial charge >= 0.3 is 6.18 Å². The zero-order chi connectivity index (χ0) is 28.5. The highest BCUT2D eigenvalue weighted by molar-refractivity contribution is 6.42. The number of H-pyrrole nitrogens is 1. The van der Waals surface area contributed by atoms with Crippen LogP contribution in [0.5, 0.6) is 0 Å². The Kier molecular flexibility index (Phi) is 8.45. The molecule has 1 saturated heterocycles. The number of nitrogens with one attached hydrogen (secondary N) is 2. The lowest BCUT2D eigenvalue weighted by Gasteiger charge is -2.33. The van der Waals surface area contributed by atoms with Gasteiger partial charge in [-0.3, -0.25) is 9.59 Å². The van der Waals surface area contributed by atoms with Gasteiger partial charge in [-0.15, -0.1) is 0 Å². The van der Waals surface area contributed by atoms with Gasteiger partial charge in [-0.2, -0.15) is 13.2 Å². The highest BCUT2D eigenvalue weighted by atomic mass is 35.5. The molecule has 0 unspecified atom stereocenters. The molecule has 2 heterocycles. The summed E-state index contributed by atoms with van der Waals surface area (Å²) in [5.41, 5.74) is -4.49. The molecule has 1 aliphatic rings. The summed E-state index contributed by atoms with van der Waals surface area (Å²) in [5, 5.41) is 3.34. The van der Waals surface area contributed by atoms with Gasteiger partial charge in [0.05, 0.1) is 21.2 Å².